The molecule has 2 saturated heterocycles. The van der Waals surface area contributed by atoms with Gasteiger partial charge in [0.25, 0.3) is 0 Å². The number of hydrogen-bond acceptors (Lipinski definition) is 8. The highest BCUT2D eigenvalue weighted by atomic mass is 19.2. The lowest BCUT2D eigenvalue weighted by molar-refractivity contribution is -1.09. The zero-order chi connectivity index (χ0) is 28.1. The summed E-state index contributed by atoms with van der Waals surface area (Å²) in [6, 6.07) is 0.462. The molecule has 0 unspecified atom stereocenters. The van der Waals surface area contributed by atoms with E-state index in [9.17, 15) is 34.6 Å². The van der Waals surface area contributed by atoms with Crippen LogP contribution in [0.5, 0.6) is 11.5 Å². The van der Waals surface area contributed by atoms with E-state index in [0.29, 0.717) is 32.2 Å². The number of nitrogens with one attached hydrogen (secondary N) is 2. The van der Waals surface area contributed by atoms with Crippen LogP contribution >= 0.6 is 0 Å². The Morgan fingerprint density at radius 3 is 1.54 bits per heavy atom. The van der Waals surface area contributed by atoms with E-state index in [2.05, 4.69) is 10.6 Å². The van der Waals surface area contributed by atoms with E-state index in [4.69, 9.17) is 0 Å². The number of anilines is 2. The summed E-state index contributed by atoms with van der Waals surface area (Å²) >= 11 is 0. The number of carbonyl (C=O) groups excluding carboxylic acids is 2. The standard InChI is InChI=1S/C26H29F3N4O6/c27-14-13-15(34)16-19(24(14)35)26(37)18-17(25(16)36)22(30-5-11-32(38)7-1-2-8-32)20(28)21(29)23(18)31-6-12-33(39)9-3-4-10-33/h13,38-39H,1-12H2,(H2-2,30,31,34,35,36,37)/p+2. The zero-order valence-electron chi connectivity index (χ0n) is 21.2. The Morgan fingerprint density at radius 1 is 0.692 bits per heavy atom. The van der Waals surface area contributed by atoms with Gasteiger partial charge in [-0.05, 0) is 0 Å². The molecule has 2 aliphatic heterocycles. The van der Waals surface area contributed by atoms with Crippen LogP contribution in [0, 0.1) is 17.5 Å². The van der Waals surface area contributed by atoms with Crippen LogP contribution in [0.3, 0.4) is 0 Å². The molecule has 0 bridgehead atoms. The van der Waals surface area contributed by atoms with Gasteiger partial charge in [0.05, 0.1) is 46.7 Å². The molecule has 2 fully saturated rings. The van der Waals surface area contributed by atoms with Gasteiger partial charge >= 0.3 is 0 Å². The molecule has 13 heteroatoms. The van der Waals surface area contributed by atoms with Gasteiger partial charge in [0.2, 0.25) is 11.6 Å². The molecule has 2 aromatic carbocycles. The second kappa shape index (κ2) is 9.97. The first-order chi connectivity index (χ1) is 18.5. The predicted molar refractivity (Wildman–Crippen MR) is 132 cm³/mol. The van der Waals surface area contributed by atoms with Crippen LogP contribution in [0.2, 0.25) is 0 Å². The summed E-state index contributed by atoms with van der Waals surface area (Å²) in [4.78, 5) is 27.2. The van der Waals surface area contributed by atoms with E-state index in [1.165, 1.54) is 0 Å². The van der Waals surface area contributed by atoms with Gasteiger partial charge in [-0.3, -0.25) is 9.59 Å². The number of rotatable bonds is 8. The summed E-state index contributed by atoms with van der Waals surface area (Å²) in [5, 5.41) is 47.0. The fourth-order valence-corrected chi connectivity index (χ4v) is 5.88. The van der Waals surface area contributed by atoms with E-state index >= 15 is 8.78 Å². The first kappa shape index (κ1) is 27.2. The molecule has 6 N–H and O–H groups in total. The number of hydrogen-bond donors (Lipinski definition) is 6. The third-order valence-corrected chi connectivity index (χ3v) is 7.98. The first-order valence-electron chi connectivity index (χ1n) is 13.0. The third-order valence-electron chi connectivity index (χ3n) is 7.98. The molecule has 1 aliphatic carbocycles. The van der Waals surface area contributed by atoms with Gasteiger partial charge in [-0.15, -0.1) is 0 Å². The average molecular weight is 553 g/mol. The van der Waals surface area contributed by atoms with Crippen molar-refractivity contribution in [2.24, 2.45) is 0 Å². The number of halogens is 3. The van der Waals surface area contributed by atoms with E-state index in [1.54, 1.807) is 0 Å². The maximum Gasteiger partial charge on any atom is 0.200 e. The molecule has 2 aromatic rings. The molecular formula is C26H31F3N4O6+2. The second-order valence-electron chi connectivity index (χ2n) is 10.6. The number of benzene rings is 2. The fraction of sp³-hybridized carbons (Fsp3) is 0.462. The van der Waals surface area contributed by atoms with Crippen LogP contribution in [-0.2, 0) is 0 Å². The summed E-state index contributed by atoms with van der Waals surface area (Å²) in [6.45, 7) is 1.95. The van der Waals surface area contributed by atoms with Crippen molar-refractivity contribution in [3.63, 3.8) is 0 Å². The highest BCUT2D eigenvalue weighted by Crippen LogP contribution is 2.45. The second-order valence-corrected chi connectivity index (χ2v) is 10.6. The van der Waals surface area contributed by atoms with Crippen LogP contribution in [0.1, 0.15) is 57.5 Å². The fourth-order valence-electron chi connectivity index (χ4n) is 5.88. The summed E-state index contributed by atoms with van der Waals surface area (Å²) in [6.07, 6.45) is 3.18. The third kappa shape index (κ3) is 4.69. The van der Waals surface area contributed by atoms with E-state index in [0.717, 1.165) is 25.7 Å². The number of nitrogens with zero attached hydrogens (tertiary/aromatic N) is 2. The monoisotopic (exact) mass is 552 g/mol. The maximum atomic E-state index is 15.5. The molecule has 2 heterocycles. The number of phenols is 2. The molecule has 0 amide bonds. The molecule has 10 nitrogen and oxygen atoms in total. The normalized spacial score (nSPS) is 19.2. The molecule has 0 atom stereocenters. The van der Waals surface area contributed by atoms with Crippen LogP contribution in [0.4, 0.5) is 24.5 Å². The van der Waals surface area contributed by atoms with Crippen molar-refractivity contribution >= 4 is 22.9 Å². The Labute approximate surface area is 222 Å². The average Bonchev–Trinajstić information content (AvgIpc) is 3.52. The Bertz CT molecular complexity index is 1360. The topological polar surface area (TPSA) is 139 Å². The molecular weight excluding hydrogens is 521 g/mol. The lowest BCUT2D eigenvalue weighted by Gasteiger charge is -2.28. The van der Waals surface area contributed by atoms with Gasteiger partial charge in [0.15, 0.2) is 23.2 Å². The first-order valence-corrected chi connectivity index (χ1v) is 13.0. The number of ketones is 2. The number of likely N-dealkylation sites (tertiary alicyclic amines) is 2. The minimum absolute atomic E-state index is 0.0778. The molecule has 0 saturated carbocycles. The van der Waals surface area contributed by atoms with Crippen molar-refractivity contribution in [1.82, 2.24) is 0 Å². The summed E-state index contributed by atoms with van der Waals surface area (Å²) in [5.74, 6) is -8.75. The molecule has 3 aliphatic rings. The quantitative estimate of drug-likeness (QED) is 0.185. The molecule has 0 radical (unpaired) electrons. The van der Waals surface area contributed by atoms with Gasteiger partial charge in [-0.25, -0.2) is 23.6 Å². The molecule has 0 aromatic heterocycles. The van der Waals surface area contributed by atoms with Gasteiger partial charge in [-0.1, -0.05) is 0 Å². The summed E-state index contributed by atoms with van der Waals surface area (Å²) in [5.41, 5.74) is -4.11. The lowest BCUT2D eigenvalue weighted by Crippen LogP contribution is -2.45. The Balaban J connectivity index is 1.58. The van der Waals surface area contributed by atoms with Crippen molar-refractivity contribution in [1.29, 1.82) is 0 Å². The highest BCUT2D eigenvalue weighted by molar-refractivity contribution is 6.33. The maximum absolute atomic E-state index is 15.5. The van der Waals surface area contributed by atoms with Gasteiger partial charge in [0.1, 0.15) is 45.0 Å². The molecule has 210 valence electrons. The number of hydroxylamine groups is 6. The number of aromatic hydroxyl groups is 2. The molecule has 5 rings (SSSR count). The Morgan fingerprint density at radius 2 is 1.10 bits per heavy atom. The van der Waals surface area contributed by atoms with Crippen molar-refractivity contribution in [3.8, 4) is 11.5 Å². The van der Waals surface area contributed by atoms with E-state index in [-0.39, 0.29) is 35.5 Å². The van der Waals surface area contributed by atoms with Gasteiger partial charge in [-0.2, -0.15) is 9.29 Å². The smallest absolute Gasteiger partial charge is 0.200 e. The van der Waals surface area contributed by atoms with Crippen molar-refractivity contribution < 1.29 is 52.7 Å². The molecule has 0 spiro atoms. The van der Waals surface area contributed by atoms with Crippen LogP contribution in [-0.4, -0.2) is 93.8 Å². The van der Waals surface area contributed by atoms with Gasteiger partial charge < -0.3 is 20.8 Å². The van der Waals surface area contributed by atoms with Crippen LogP contribution < -0.4 is 10.6 Å². The SMILES string of the molecule is O=C1c2c(O)cc(F)c(O)c2C(=O)c2c(NCC[N+]3(O)CCCC3)c(F)c(F)c(NCC[N+]3(O)CCCC3)c21. The minimum atomic E-state index is -1.49. The van der Waals surface area contributed by atoms with E-state index < -0.39 is 74.1 Å². The predicted octanol–water partition coefficient (Wildman–Crippen LogP) is 3.11. The Kier molecular flexibility index (Phi) is 6.95. The minimum Gasteiger partial charge on any atom is -0.507 e. The highest BCUT2D eigenvalue weighted by Gasteiger charge is 2.42. The van der Waals surface area contributed by atoms with Crippen molar-refractivity contribution in [3.05, 3.63) is 45.8 Å². The zero-order valence-corrected chi connectivity index (χ0v) is 21.2. The lowest BCUT2D eigenvalue weighted by atomic mass is 9.80. The largest absolute Gasteiger partial charge is 0.507 e. The van der Waals surface area contributed by atoms with E-state index in [1.807, 2.05) is 0 Å². The summed E-state index contributed by atoms with van der Waals surface area (Å²) < 4.78 is 44.7. The Hall–Kier alpha value is -3.39. The van der Waals surface area contributed by atoms with Crippen LogP contribution in [0.15, 0.2) is 6.07 Å². The van der Waals surface area contributed by atoms with Gasteiger partial charge in [0, 0.05) is 31.7 Å². The number of fused-ring (bicyclic) bond motifs is 2. The molecule has 39 heavy (non-hydrogen) atoms. The van der Waals surface area contributed by atoms with Crippen molar-refractivity contribution in [2.75, 3.05) is 63.0 Å². The van der Waals surface area contributed by atoms with Crippen molar-refractivity contribution in [2.45, 2.75) is 25.7 Å². The number of quaternary nitrogens is 2. The van der Waals surface area contributed by atoms with Crippen LogP contribution in [0.25, 0.3) is 0 Å². The summed E-state index contributed by atoms with van der Waals surface area (Å²) in [7, 11) is 0. The number of phenolic OH excluding ortho intramolecular Hbond substituents is 2. The number of carbonyl (C=O) groups is 2.